The molecule has 0 aliphatic carbocycles. The maximum atomic E-state index is 6.18. The lowest BCUT2D eigenvalue weighted by Gasteiger charge is -2.30. The molecule has 0 unspecified atom stereocenters. The molecule has 0 amide bonds. The first-order valence-electron chi connectivity index (χ1n) is 25.3. The number of nitrogens with two attached hydrogens (primary N) is 5. The lowest BCUT2D eigenvalue weighted by molar-refractivity contribution is 0.173. The molecule has 14 heteroatoms. The summed E-state index contributed by atoms with van der Waals surface area (Å²) < 4.78 is 0. The van der Waals surface area contributed by atoms with E-state index in [1.807, 2.05) is 0 Å². The Balaban J connectivity index is 1.53. The van der Waals surface area contributed by atoms with E-state index in [9.17, 15) is 0 Å². The van der Waals surface area contributed by atoms with Gasteiger partial charge >= 0.3 is 0 Å². The maximum Gasteiger partial charge on any atom is 0.0363 e. The summed E-state index contributed by atoms with van der Waals surface area (Å²) in [7, 11) is 10.6. The molecular formula is C52H96N14. The molecule has 3 rings (SSSR count). The summed E-state index contributed by atoms with van der Waals surface area (Å²) in [4.78, 5) is 16.9. The lowest BCUT2D eigenvalue weighted by Crippen LogP contribution is -2.45. The molecule has 0 aliphatic heterocycles. The smallest absolute Gasteiger partial charge is 0.0363 e. The second-order valence-corrected chi connectivity index (χ2v) is 18.3. The number of rotatable bonds is 40. The molecule has 66 heavy (non-hydrogen) atoms. The van der Waals surface area contributed by atoms with Gasteiger partial charge in [-0.05, 0) is 98.4 Å². The highest BCUT2D eigenvalue weighted by molar-refractivity contribution is 5.55. The molecule has 0 saturated heterocycles. The molecule has 3 aromatic rings. The van der Waals surface area contributed by atoms with Gasteiger partial charge in [0, 0.05) is 183 Å². The van der Waals surface area contributed by atoms with Crippen molar-refractivity contribution in [1.29, 1.82) is 0 Å². The minimum Gasteiger partial charge on any atom is -0.378 e. The Morgan fingerprint density at radius 2 is 0.682 bits per heavy atom. The third-order valence-electron chi connectivity index (χ3n) is 12.7. The quantitative estimate of drug-likeness (QED) is 0.0328. The maximum absolute atomic E-state index is 6.18. The van der Waals surface area contributed by atoms with Gasteiger partial charge < -0.3 is 63.8 Å². The standard InChI is InChI=1S/C52H96N14/c1-60(2)49-18-12-46(13-19-49)52(47-14-20-50(21-15-47)61(3)4)48-16-22-51(23-17-48)62(5)33-9-7-11-34-63(36-26-55)42-43-64(35-10-6-8-24-53)44-45-66(40-30-58-29-25-54)41-32-59-31-39-65(37-27-56)38-28-57/h12-23,52,58-59H,6-11,24-45,53-57H2,1-5H3. The third kappa shape index (κ3) is 22.6. The summed E-state index contributed by atoms with van der Waals surface area (Å²) in [5.74, 6) is 0.157. The van der Waals surface area contributed by atoms with Crippen molar-refractivity contribution in [3.8, 4) is 0 Å². The van der Waals surface area contributed by atoms with E-state index in [1.165, 1.54) is 59.4 Å². The Morgan fingerprint density at radius 3 is 1.08 bits per heavy atom. The van der Waals surface area contributed by atoms with Crippen molar-refractivity contribution in [3.63, 3.8) is 0 Å². The first kappa shape index (κ1) is 56.9. The number of nitrogens with zero attached hydrogens (tertiary/aromatic N) is 7. The SMILES string of the molecule is CN(C)c1ccc(C(c2ccc(N(C)C)cc2)c2ccc(N(C)CCCCCN(CCN)CCN(CCCCCN)CCN(CCNCCN)CCNCCN(CCN)CCN)cc2)cc1. The minimum absolute atomic E-state index is 0.157. The van der Waals surface area contributed by atoms with Crippen molar-refractivity contribution >= 4 is 17.1 Å². The van der Waals surface area contributed by atoms with Gasteiger partial charge in [0.15, 0.2) is 0 Å². The van der Waals surface area contributed by atoms with E-state index >= 15 is 0 Å². The van der Waals surface area contributed by atoms with Gasteiger partial charge in [-0.1, -0.05) is 49.2 Å². The first-order chi connectivity index (χ1) is 32.1. The van der Waals surface area contributed by atoms with Crippen LogP contribution in [-0.4, -0.2) is 199 Å². The van der Waals surface area contributed by atoms with Crippen LogP contribution in [0.25, 0.3) is 0 Å². The van der Waals surface area contributed by atoms with Crippen molar-refractivity contribution in [2.75, 3.05) is 194 Å². The largest absolute Gasteiger partial charge is 0.378 e. The zero-order valence-corrected chi connectivity index (χ0v) is 42.3. The Bertz CT molecular complexity index is 1530. The van der Waals surface area contributed by atoms with E-state index in [4.69, 9.17) is 28.7 Å². The lowest BCUT2D eigenvalue weighted by atomic mass is 9.85. The zero-order chi connectivity index (χ0) is 47.8. The van der Waals surface area contributed by atoms with E-state index in [2.05, 4.69) is 153 Å². The van der Waals surface area contributed by atoms with Crippen LogP contribution >= 0.6 is 0 Å². The monoisotopic (exact) mass is 917 g/mol. The summed E-state index contributed by atoms with van der Waals surface area (Å²) >= 11 is 0. The number of unbranched alkanes of at least 4 members (excludes halogenated alkanes) is 4. The van der Waals surface area contributed by atoms with Crippen molar-refractivity contribution in [3.05, 3.63) is 89.5 Å². The van der Waals surface area contributed by atoms with Crippen LogP contribution in [0.4, 0.5) is 17.1 Å². The van der Waals surface area contributed by atoms with E-state index < -0.39 is 0 Å². The van der Waals surface area contributed by atoms with Crippen LogP contribution in [0, 0.1) is 0 Å². The summed E-state index contributed by atoms with van der Waals surface area (Å²) in [5, 5.41) is 7.17. The Hall–Kier alpha value is -3.38. The number of anilines is 3. The molecule has 0 heterocycles. The number of benzene rings is 3. The van der Waals surface area contributed by atoms with Crippen LogP contribution in [0.2, 0.25) is 0 Å². The van der Waals surface area contributed by atoms with Gasteiger partial charge in [-0.3, -0.25) is 9.80 Å². The van der Waals surface area contributed by atoms with E-state index in [0.717, 1.165) is 131 Å². The minimum atomic E-state index is 0.157. The molecule has 0 aromatic heterocycles. The van der Waals surface area contributed by atoms with Crippen LogP contribution in [0.3, 0.4) is 0 Å². The van der Waals surface area contributed by atoms with Gasteiger partial charge in [-0.2, -0.15) is 0 Å². The van der Waals surface area contributed by atoms with Crippen LogP contribution in [0.1, 0.15) is 61.1 Å². The Labute approximate surface area is 402 Å². The molecule has 0 spiro atoms. The average molecular weight is 917 g/mol. The van der Waals surface area contributed by atoms with Crippen molar-refractivity contribution in [2.45, 2.75) is 44.4 Å². The molecule has 12 N–H and O–H groups in total. The van der Waals surface area contributed by atoms with Crippen LogP contribution in [0.15, 0.2) is 72.8 Å². The van der Waals surface area contributed by atoms with E-state index in [1.54, 1.807) is 0 Å². The third-order valence-corrected chi connectivity index (χ3v) is 12.7. The zero-order valence-electron chi connectivity index (χ0n) is 42.3. The van der Waals surface area contributed by atoms with E-state index in [0.29, 0.717) is 26.2 Å². The summed E-state index contributed by atoms with van der Waals surface area (Å²) in [6, 6.07) is 27.3. The fraction of sp³-hybridized carbons (Fsp3) is 0.654. The van der Waals surface area contributed by atoms with Gasteiger partial charge in [0.05, 0.1) is 0 Å². The molecule has 374 valence electrons. The fourth-order valence-electron chi connectivity index (χ4n) is 8.59. The molecule has 0 aliphatic rings. The summed E-state index contributed by atoms with van der Waals surface area (Å²) in [6.07, 6.45) is 6.98. The fourth-order valence-corrected chi connectivity index (χ4v) is 8.59. The molecule has 0 fully saturated rings. The highest BCUT2D eigenvalue weighted by Gasteiger charge is 2.18. The summed E-state index contributed by atoms with van der Waals surface area (Å²) in [6.45, 7) is 20.2. The van der Waals surface area contributed by atoms with Gasteiger partial charge in [0.1, 0.15) is 0 Å². The molecule has 0 radical (unpaired) electrons. The second-order valence-electron chi connectivity index (χ2n) is 18.3. The van der Waals surface area contributed by atoms with Gasteiger partial charge in [0.2, 0.25) is 0 Å². The normalized spacial score (nSPS) is 11.9. The summed E-state index contributed by atoms with van der Waals surface area (Å²) in [5.41, 5.74) is 37.0. The number of hydrogen-bond donors (Lipinski definition) is 7. The predicted octanol–water partition coefficient (Wildman–Crippen LogP) is 2.96. The topological polar surface area (TPSA) is 177 Å². The highest BCUT2D eigenvalue weighted by Crippen LogP contribution is 2.34. The molecule has 3 aromatic carbocycles. The highest BCUT2D eigenvalue weighted by atomic mass is 15.2. The average Bonchev–Trinajstić information content (AvgIpc) is 3.32. The molecule has 14 nitrogen and oxygen atoms in total. The molecule has 0 bridgehead atoms. The number of nitrogens with one attached hydrogen (secondary N) is 2. The second kappa shape index (κ2) is 34.8. The van der Waals surface area contributed by atoms with Crippen molar-refractivity contribution < 1.29 is 0 Å². The van der Waals surface area contributed by atoms with E-state index in [-0.39, 0.29) is 5.92 Å². The Kier molecular flexibility index (Phi) is 30.1. The van der Waals surface area contributed by atoms with Gasteiger partial charge in [-0.15, -0.1) is 0 Å². The van der Waals surface area contributed by atoms with Crippen LogP contribution in [0.5, 0.6) is 0 Å². The molecule has 0 saturated carbocycles. The van der Waals surface area contributed by atoms with Gasteiger partial charge in [-0.25, -0.2) is 0 Å². The first-order valence-corrected chi connectivity index (χ1v) is 25.3. The predicted molar refractivity (Wildman–Crippen MR) is 287 cm³/mol. The van der Waals surface area contributed by atoms with Crippen LogP contribution in [-0.2, 0) is 0 Å². The molecule has 0 atom stereocenters. The van der Waals surface area contributed by atoms with Gasteiger partial charge in [0.25, 0.3) is 0 Å². The van der Waals surface area contributed by atoms with Crippen molar-refractivity contribution in [2.24, 2.45) is 28.7 Å². The number of hydrogen-bond acceptors (Lipinski definition) is 14. The van der Waals surface area contributed by atoms with Crippen molar-refractivity contribution in [1.82, 2.24) is 30.2 Å². The Morgan fingerprint density at radius 1 is 0.333 bits per heavy atom. The van der Waals surface area contributed by atoms with Crippen LogP contribution < -0.4 is 54.0 Å². The molecular weight excluding hydrogens is 821 g/mol.